The van der Waals surface area contributed by atoms with Gasteiger partial charge >= 0.3 is 5.97 Å². The number of anilines is 1. The lowest BCUT2D eigenvalue weighted by Gasteiger charge is -2.33. The standard InChI is InChI=1S/C19H23N3O3S/c1-13-17(26-12-21-13)8-10-25-19(24)14-4-6-16(7-5-14)22-9-2-3-15(11-22)18(20)23/h4-7,12,15H,2-3,8-11H2,1H3,(H2,20,23). The van der Waals surface area contributed by atoms with Crippen LogP contribution >= 0.6 is 11.3 Å². The van der Waals surface area contributed by atoms with Crippen LogP contribution in [0, 0.1) is 12.8 Å². The first-order valence-electron chi connectivity index (χ1n) is 8.75. The van der Waals surface area contributed by atoms with Crippen molar-refractivity contribution in [3.8, 4) is 0 Å². The van der Waals surface area contributed by atoms with Crippen molar-refractivity contribution >= 4 is 28.9 Å². The number of nitrogens with zero attached hydrogens (tertiary/aromatic N) is 2. The summed E-state index contributed by atoms with van der Waals surface area (Å²) < 4.78 is 5.36. The Labute approximate surface area is 157 Å². The van der Waals surface area contributed by atoms with Gasteiger partial charge in [0, 0.05) is 30.1 Å². The van der Waals surface area contributed by atoms with Crippen molar-refractivity contribution in [2.24, 2.45) is 11.7 Å². The number of thiazole rings is 1. The number of amides is 1. The Morgan fingerprint density at radius 3 is 2.77 bits per heavy atom. The van der Waals surface area contributed by atoms with Gasteiger partial charge in [0.15, 0.2) is 0 Å². The Morgan fingerprint density at radius 1 is 1.35 bits per heavy atom. The van der Waals surface area contributed by atoms with Crippen molar-refractivity contribution in [1.29, 1.82) is 0 Å². The molecule has 0 bridgehead atoms. The quantitative estimate of drug-likeness (QED) is 0.787. The molecule has 138 valence electrons. The molecular formula is C19H23N3O3S. The molecule has 1 atom stereocenters. The number of primary amides is 1. The Morgan fingerprint density at radius 2 is 2.12 bits per heavy atom. The third-order valence-electron chi connectivity index (χ3n) is 4.70. The fraction of sp³-hybridized carbons (Fsp3) is 0.421. The molecule has 1 fully saturated rings. The highest BCUT2D eigenvalue weighted by molar-refractivity contribution is 7.09. The van der Waals surface area contributed by atoms with Crippen molar-refractivity contribution in [1.82, 2.24) is 4.98 Å². The molecule has 1 aliphatic heterocycles. The van der Waals surface area contributed by atoms with E-state index in [0.29, 0.717) is 25.1 Å². The molecule has 0 aliphatic carbocycles. The predicted molar refractivity (Wildman–Crippen MR) is 101 cm³/mol. The highest BCUT2D eigenvalue weighted by Crippen LogP contribution is 2.23. The topological polar surface area (TPSA) is 85.5 Å². The minimum absolute atomic E-state index is 0.108. The van der Waals surface area contributed by atoms with Gasteiger partial charge in [0.1, 0.15) is 0 Å². The van der Waals surface area contributed by atoms with Crippen molar-refractivity contribution in [3.63, 3.8) is 0 Å². The predicted octanol–water partition coefficient (Wildman–Crippen LogP) is 2.55. The van der Waals surface area contributed by atoms with Crippen molar-refractivity contribution in [2.75, 3.05) is 24.6 Å². The average Bonchev–Trinajstić information content (AvgIpc) is 3.07. The van der Waals surface area contributed by atoms with Gasteiger partial charge in [0.25, 0.3) is 0 Å². The van der Waals surface area contributed by atoms with E-state index < -0.39 is 0 Å². The van der Waals surface area contributed by atoms with E-state index >= 15 is 0 Å². The summed E-state index contributed by atoms with van der Waals surface area (Å²) in [6.45, 7) is 3.82. The zero-order valence-electron chi connectivity index (χ0n) is 14.8. The SMILES string of the molecule is Cc1ncsc1CCOC(=O)c1ccc(N2CCCC(C(N)=O)C2)cc1. The number of benzene rings is 1. The Kier molecular flexibility index (Phi) is 5.88. The van der Waals surface area contributed by atoms with Crippen LogP contribution in [0.2, 0.25) is 0 Å². The summed E-state index contributed by atoms with van der Waals surface area (Å²) >= 11 is 1.58. The lowest BCUT2D eigenvalue weighted by atomic mass is 9.97. The van der Waals surface area contributed by atoms with E-state index in [1.807, 2.05) is 19.1 Å². The zero-order chi connectivity index (χ0) is 18.5. The molecule has 1 amide bonds. The fourth-order valence-electron chi connectivity index (χ4n) is 3.14. The number of aromatic nitrogens is 1. The monoisotopic (exact) mass is 373 g/mol. The number of ether oxygens (including phenoxy) is 1. The third kappa shape index (κ3) is 4.40. The van der Waals surface area contributed by atoms with Gasteiger partial charge in [-0.05, 0) is 44.0 Å². The maximum Gasteiger partial charge on any atom is 0.338 e. The second kappa shape index (κ2) is 8.31. The van der Waals surface area contributed by atoms with Crippen LogP contribution in [0.1, 0.15) is 33.8 Å². The number of esters is 1. The number of aryl methyl sites for hydroxylation is 1. The van der Waals surface area contributed by atoms with Gasteiger partial charge in [0.05, 0.1) is 29.3 Å². The smallest absolute Gasteiger partial charge is 0.338 e. The van der Waals surface area contributed by atoms with Crippen molar-refractivity contribution in [3.05, 3.63) is 45.9 Å². The summed E-state index contributed by atoms with van der Waals surface area (Å²) in [7, 11) is 0. The van der Waals surface area contributed by atoms with E-state index in [9.17, 15) is 9.59 Å². The van der Waals surface area contributed by atoms with Gasteiger partial charge in [-0.2, -0.15) is 0 Å². The highest BCUT2D eigenvalue weighted by Gasteiger charge is 2.24. The minimum Gasteiger partial charge on any atom is -0.462 e. The van der Waals surface area contributed by atoms with Gasteiger partial charge in [0.2, 0.25) is 5.91 Å². The first-order chi connectivity index (χ1) is 12.5. The molecule has 1 aliphatic rings. The summed E-state index contributed by atoms with van der Waals surface area (Å²) in [6.07, 6.45) is 2.46. The normalized spacial score (nSPS) is 17.1. The lowest BCUT2D eigenvalue weighted by molar-refractivity contribution is -0.122. The van der Waals surface area contributed by atoms with Crippen LogP contribution in [0.5, 0.6) is 0 Å². The fourth-order valence-corrected chi connectivity index (χ4v) is 3.90. The molecule has 1 saturated heterocycles. The van der Waals surface area contributed by atoms with Crippen LogP contribution < -0.4 is 10.6 Å². The number of carbonyl (C=O) groups is 2. The molecule has 3 rings (SSSR count). The van der Waals surface area contributed by atoms with Crippen LogP contribution in [-0.4, -0.2) is 36.6 Å². The molecule has 2 aromatic rings. The number of piperidine rings is 1. The second-order valence-electron chi connectivity index (χ2n) is 6.48. The first kappa shape index (κ1) is 18.4. The van der Waals surface area contributed by atoms with Crippen LogP contribution in [0.3, 0.4) is 0 Å². The molecule has 0 spiro atoms. The van der Waals surface area contributed by atoms with Crippen molar-refractivity contribution < 1.29 is 14.3 Å². The lowest BCUT2D eigenvalue weighted by Crippen LogP contribution is -2.41. The molecule has 1 aromatic carbocycles. The molecule has 7 heteroatoms. The minimum atomic E-state index is -0.327. The van der Waals surface area contributed by atoms with Gasteiger partial charge in [-0.15, -0.1) is 11.3 Å². The van der Waals surface area contributed by atoms with E-state index in [4.69, 9.17) is 10.5 Å². The van der Waals surface area contributed by atoms with Crippen LogP contribution in [0.4, 0.5) is 5.69 Å². The second-order valence-corrected chi connectivity index (χ2v) is 7.42. The molecule has 1 aromatic heterocycles. The molecule has 1 unspecified atom stereocenters. The average molecular weight is 373 g/mol. The summed E-state index contributed by atoms with van der Waals surface area (Å²) in [5.41, 5.74) is 9.74. The van der Waals surface area contributed by atoms with E-state index in [1.165, 1.54) is 0 Å². The molecule has 0 saturated carbocycles. The first-order valence-corrected chi connectivity index (χ1v) is 9.63. The maximum absolute atomic E-state index is 12.2. The summed E-state index contributed by atoms with van der Waals surface area (Å²) in [4.78, 5) is 31.1. The maximum atomic E-state index is 12.2. The largest absolute Gasteiger partial charge is 0.462 e. The van der Waals surface area contributed by atoms with Gasteiger partial charge < -0.3 is 15.4 Å². The summed E-state index contributed by atoms with van der Waals surface area (Å²) in [6, 6.07) is 7.33. The Hall–Kier alpha value is -2.41. The van der Waals surface area contributed by atoms with E-state index in [-0.39, 0.29) is 17.8 Å². The van der Waals surface area contributed by atoms with Crippen LogP contribution in [-0.2, 0) is 16.0 Å². The Bertz CT molecular complexity index is 773. The highest BCUT2D eigenvalue weighted by atomic mass is 32.1. The van der Waals surface area contributed by atoms with Gasteiger partial charge in [-0.3, -0.25) is 4.79 Å². The number of nitrogens with two attached hydrogens (primary N) is 1. The molecule has 0 radical (unpaired) electrons. The summed E-state index contributed by atoms with van der Waals surface area (Å²) in [5.74, 6) is -0.679. The zero-order valence-corrected chi connectivity index (χ0v) is 15.6. The van der Waals surface area contributed by atoms with Crippen molar-refractivity contribution in [2.45, 2.75) is 26.2 Å². The van der Waals surface area contributed by atoms with E-state index in [1.54, 1.807) is 29.0 Å². The van der Waals surface area contributed by atoms with E-state index in [0.717, 1.165) is 35.6 Å². The van der Waals surface area contributed by atoms with Crippen LogP contribution in [0.25, 0.3) is 0 Å². The van der Waals surface area contributed by atoms with E-state index in [2.05, 4.69) is 9.88 Å². The van der Waals surface area contributed by atoms with Crippen LogP contribution in [0.15, 0.2) is 29.8 Å². The number of hydrogen-bond acceptors (Lipinski definition) is 6. The Balaban J connectivity index is 1.54. The number of carbonyl (C=O) groups excluding carboxylic acids is 2. The number of hydrogen-bond donors (Lipinski definition) is 1. The molecule has 6 nitrogen and oxygen atoms in total. The molecular weight excluding hydrogens is 350 g/mol. The number of rotatable bonds is 6. The molecule has 2 N–H and O–H groups in total. The van der Waals surface area contributed by atoms with Gasteiger partial charge in [-0.25, -0.2) is 9.78 Å². The molecule has 26 heavy (non-hydrogen) atoms. The third-order valence-corrected chi connectivity index (χ3v) is 5.69. The molecule has 2 heterocycles. The summed E-state index contributed by atoms with van der Waals surface area (Å²) in [5, 5.41) is 0. The van der Waals surface area contributed by atoms with Gasteiger partial charge in [-0.1, -0.05) is 0 Å².